The molecular formula is C16H13ClN4O3. The highest BCUT2D eigenvalue weighted by Gasteiger charge is 2.15. The molecule has 1 N–H and O–H groups in total. The van der Waals surface area contributed by atoms with E-state index in [4.69, 9.17) is 11.6 Å². The summed E-state index contributed by atoms with van der Waals surface area (Å²) in [5.74, 6) is -0.395. The van der Waals surface area contributed by atoms with E-state index in [0.29, 0.717) is 16.3 Å². The molecule has 0 unspecified atom stereocenters. The number of carbonyl (C=O) groups excluding carboxylic acids is 1. The van der Waals surface area contributed by atoms with E-state index in [1.807, 2.05) is 0 Å². The minimum absolute atomic E-state index is 0.0787. The molecule has 122 valence electrons. The van der Waals surface area contributed by atoms with Crippen LogP contribution >= 0.6 is 11.6 Å². The predicted octanol–water partition coefficient (Wildman–Crippen LogP) is 3.13. The molecule has 0 bridgehead atoms. The third-order valence-electron chi connectivity index (χ3n) is 3.56. The number of rotatable bonds is 4. The number of aryl methyl sites for hydroxylation is 1. The number of nitrogens with one attached hydrogen (secondary N) is 1. The molecule has 0 radical (unpaired) electrons. The number of nitrogens with zero attached hydrogens (tertiary/aromatic N) is 3. The first-order valence-electron chi connectivity index (χ1n) is 7.10. The standard InChI is InChI=1S/C16H13ClN4O3/c1-10-2-3-11(6-14(10)21(23)24)16(22)18-7-13-9-20-8-12(17)4-5-15(20)19-13/h2-6,8-9H,7H2,1H3,(H,18,22). The van der Waals surface area contributed by atoms with Gasteiger partial charge in [-0.05, 0) is 25.1 Å². The summed E-state index contributed by atoms with van der Waals surface area (Å²) in [4.78, 5) is 27.0. The number of imidazole rings is 1. The smallest absolute Gasteiger partial charge is 0.273 e. The Kier molecular flexibility index (Phi) is 4.18. The van der Waals surface area contributed by atoms with Gasteiger partial charge in [-0.2, -0.15) is 0 Å². The lowest BCUT2D eigenvalue weighted by molar-refractivity contribution is -0.385. The molecule has 7 nitrogen and oxygen atoms in total. The van der Waals surface area contributed by atoms with Crippen LogP contribution in [0.4, 0.5) is 5.69 Å². The molecule has 0 fully saturated rings. The van der Waals surface area contributed by atoms with Crippen molar-refractivity contribution in [3.05, 3.63) is 74.7 Å². The monoisotopic (exact) mass is 344 g/mol. The number of halogens is 1. The second-order valence-electron chi connectivity index (χ2n) is 5.29. The van der Waals surface area contributed by atoms with Gasteiger partial charge in [0.2, 0.25) is 0 Å². The van der Waals surface area contributed by atoms with Gasteiger partial charge in [0.15, 0.2) is 0 Å². The van der Waals surface area contributed by atoms with Crippen LogP contribution < -0.4 is 5.32 Å². The predicted molar refractivity (Wildman–Crippen MR) is 89.2 cm³/mol. The van der Waals surface area contributed by atoms with E-state index in [1.165, 1.54) is 6.07 Å². The van der Waals surface area contributed by atoms with Gasteiger partial charge in [0.05, 0.1) is 22.2 Å². The van der Waals surface area contributed by atoms with Crippen molar-refractivity contribution in [1.82, 2.24) is 14.7 Å². The topological polar surface area (TPSA) is 89.5 Å². The fraction of sp³-hybridized carbons (Fsp3) is 0.125. The third kappa shape index (κ3) is 3.21. The quantitative estimate of drug-likeness (QED) is 0.581. The molecule has 1 amide bonds. The van der Waals surface area contributed by atoms with Crippen LogP contribution in [0.15, 0.2) is 42.7 Å². The molecule has 3 rings (SSSR count). The third-order valence-corrected chi connectivity index (χ3v) is 3.79. The average Bonchev–Trinajstić information content (AvgIpc) is 2.94. The van der Waals surface area contributed by atoms with Crippen LogP contribution in [0.25, 0.3) is 5.65 Å². The number of aromatic nitrogens is 2. The number of hydrogen-bond acceptors (Lipinski definition) is 4. The number of carbonyl (C=O) groups is 1. The van der Waals surface area contributed by atoms with Crippen molar-refractivity contribution in [2.24, 2.45) is 0 Å². The highest BCUT2D eigenvalue weighted by atomic mass is 35.5. The van der Waals surface area contributed by atoms with Gasteiger partial charge in [-0.25, -0.2) is 4.98 Å². The first-order chi connectivity index (χ1) is 11.4. The molecule has 24 heavy (non-hydrogen) atoms. The number of nitro benzene ring substituents is 1. The Balaban J connectivity index is 1.74. The average molecular weight is 345 g/mol. The molecular weight excluding hydrogens is 332 g/mol. The largest absolute Gasteiger partial charge is 0.346 e. The molecule has 0 saturated carbocycles. The van der Waals surface area contributed by atoms with Gasteiger partial charge >= 0.3 is 0 Å². The zero-order chi connectivity index (χ0) is 17.3. The van der Waals surface area contributed by atoms with E-state index in [1.54, 1.807) is 48.0 Å². The van der Waals surface area contributed by atoms with E-state index in [9.17, 15) is 14.9 Å². The maximum atomic E-state index is 12.2. The van der Waals surface area contributed by atoms with Crippen molar-refractivity contribution in [2.45, 2.75) is 13.5 Å². The molecule has 0 atom stereocenters. The fourth-order valence-electron chi connectivity index (χ4n) is 2.32. The van der Waals surface area contributed by atoms with Crippen LogP contribution in [-0.4, -0.2) is 20.2 Å². The summed E-state index contributed by atoms with van der Waals surface area (Å²) in [5, 5.41) is 14.2. The lowest BCUT2D eigenvalue weighted by Crippen LogP contribution is -2.23. The molecule has 0 aliphatic rings. The summed E-state index contributed by atoms with van der Waals surface area (Å²) < 4.78 is 1.76. The first-order valence-corrected chi connectivity index (χ1v) is 7.48. The molecule has 0 aliphatic heterocycles. The molecule has 8 heteroatoms. The van der Waals surface area contributed by atoms with Crippen LogP contribution in [0.3, 0.4) is 0 Å². The van der Waals surface area contributed by atoms with Gasteiger partial charge in [0.1, 0.15) is 5.65 Å². The lowest BCUT2D eigenvalue weighted by Gasteiger charge is -2.04. The summed E-state index contributed by atoms with van der Waals surface area (Å²) in [6.45, 7) is 1.83. The zero-order valence-electron chi connectivity index (χ0n) is 12.7. The Morgan fingerprint density at radius 2 is 2.12 bits per heavy atom. The van der Waals surface area contributed by atoms with E-state index < -0.39 is 10.8 Å². The summed E-state index contributed by atoms with van der Waals surface area (Å²) in [7, 11) is 0. The Morgan fingerprint density at radius 3 is 2.88 bits per heavy atom. The van der Waals surface area contributed by atoms with E-state index in [-0.39, 0.29) is 17.8 Å². The van der Waals surface area contributed by atoms with Gasteiger partial charge in [-0.3, -0.25) is 14.9 Å². The van der Waals surface area contributed by atoms with Crippen molar-refractivity contribution in [3.8, 4) is 0 Å². The minimum atomic E-state index is -0.502. The molecule has 2 heterocycles. The van der Waals surface area contributed by atoms with Crippen molar-refractivity contribution >= 4 is 28.8 Å². The normalized spacial score (nSPS) is 10.8. The molecule has 0 spiro atoms. The number of fused-ring (bicyclic) bond motifs is 1. The molecule has 2 aromatic heterocycles. The lowest BCUT2D eigenvalue weighted by atomic mass is 10.1. The second kappa shape index (κ2) is 6.29. The van der Waals surface area contributed by atoms with Gasteiger partial charge in [0, 0.05) is 29.6 Å². The van der Waals surface area contributed by atoms with Crippen molar-refractivity contribution < 1.29 is 9.72 Å². The second-order valence-corrected chi connectivity index (χ2v) is 5.72. The molecule has 1 aromatic carbocycles. The van der Waals surface area contributed by atoms with E-state index >= 15 is 0 Å². The van der Waals surface area contributed by atoms with Crippen molar-refractivity contribution in [2.75, 3.05) is 0 Å². The Hall–Kier alpha value is -2.93. The number of pyridine rings is 1. The number of amides is 1. The maximum absolute atomic E-state index is 12.2. The molecule has 0 aliphatic carbocycles. The van der Waals surface area contributed by atoms with E-state index in [2.05, 4.69) is 10.3 Å². The van der Waals surface area contributed by atoms with Crippen LogP contribution in [0.2, 0.25) is 5.02 Å². The van der Waals surface area contributed by atoms with Crippen LogP contribution in [0.1, 0.15) is 21.6 Å². The van der Waals surface area contributed by atoms with Crippen molar-refractivity contribution in [1.29, 1.82) is 0 Å². The van der Waals surface area contributed by atoms with Crippen LogP contribution in [-0.2, 0) is 6.54 Å². The number of benzene rings is 1. The van der Waals surface area contributed by atoms with Crippen LogP contribution in [0, 0.1) is 17.0 Å². The number of hydrogen-bond donors (Lipinski definition) is 1. The first kappa shape index (κ1) is 15.9. The van der Waals surface area contributed by atoms with E-state index in [0.717, 1.165) is 5.65 Å². The highest BCUT2D eigenvalue weighted by molar-refractivity contribution is 6.30. The minimum Gasteiger partial charge on any atom is -0.346 e. The number of nitro groups is 1. The van der Waals surface area contributed by atoms with Gasteiger partial charge in [-0.1, -0.05) is 17.7 Å². The van der Waals surface area contributed by atoms with Gasteiger partial charge < -0.3 is 9.72 Å². The summed E-state index contributed by atoms with van der Waals surface area (Å²) in [5.41, 5.74) is 2.04. The summed E-state index contributed by atoms with van der Waals surface area (Å²) in [6, 6.07) is 7.89. The molecule has 3 aromatic rings. The van der Waals surface area contributed by atoms with Gasteiger partial charge in [0.25, 0.3) is 11.6 Å². The summed E-state index contributed by atoms with van der Waals surface area (Å²) in [6.07, 6.45) is 3.48. The Morgan fingerprint density at radius 1 is 1.33 bits per heavy atom. The summed E-state index contributed by atoms with van der Waals surface area (Å²) >= 11 is 5.92. The zero-order valence-corrected chi connectivity index (χ0v) is 13.4. The highest BCUT2D eigenvalue weighted by Crippen LogP contribution is 2.19. The van der Waals surface area contributed by atoms with Crippen LogP contribution in [0.5, 0.6) is 0 Å². The Labute approximate surface area is 142 Å². The molecule has 0 saturated heterocycles. The fourth-order valence-corrected chi connectivity index (χ4v) is 2.49. The SMILES string of the molecule is Cc1ccc(C(=O)NCc2cn3cc(Cl)ccc3n2)cc1[N+](=O)[O-]. The maximum Gasteiger partial charge on any atom is 0.273 e. The van der Waals surface area contributed by atoms with Gasteiger partial charge in [-0.15, -0.1) is 0 Å². The van der Waals surface area contributed by atoms with Crippen molar-refractivity contribution in [3.63, 3.8) is 0 Å². The Bertz CT molecular complexity index is 952.